The van der Waals surface area contributed by atoms with Crippen LogP contribution in [0.1, 0.15) is 219 Å². The lowest BCUT2D eigenvalue weighted by Gasteiger charge is -2.29. The topological polar surface area (TPSA) is 71.4 Å². The van der Waals surface area contributed by atoms with Crippen molar-refractivity contribution in [2.75, 3.05) is 46.1 Å². The molecule has 312 valence electrons. The molecule has 0 radical (unpaired) electrons. The van der Waals surface area contributed by atoms with Crippen molar-refractivity contribution in [1.82, 2.24) is 4.90 Å². The van der Waals surface area contributed by atoms with Gasteiger partial charge in [0, 0.05) is 26.3 Å². The van der Waals surface area contributed by atoms with Gasteiger partial charge in [0.1, 0.15) is 6.29 Å². The molecule has 0 saturated heterocycles. The van der Waals surface area contributed by atoms with E-state index in [1.807, 2.05) is 0 Å². The molecule has 2 N–H and O–H groups in total. The van der Waals surface area contributed by atoms with Crippen LogP contribution in [0.2, 0.25) is 13.1 Å². The molecule has 6 nitrogen and oxygen atoms in total. The molecule has 0 amide bonds. The maximum atomic E-state index is 9.21. The highest BCUT2D eigenvalue weighted by Crippen LogP contribution is 2.28. The van der Waals surface area contributed by atoms with E-state index < -0.39 is 8.56 Å². The van der Waals surface area contributed by atoms with E-state index in [1.54, 1.807) is 0 Å². The van der Waals surface area contributed by atoms with Crippen molar-refractivity contribution >= 4 is 8.56 Å². The Morgan fingerprint density at radius 1 is 0.538 bits per heavy atom. The molecule has 0 heterocycles. The van der Waals surface area contributed by atoms with Crippen LogP contribution in [0.4, 0.5) is 0 Å². The van der Waals surface area contributed by atoms with E-state index in [0.717, 1.165) is 64.2 Å². The summed E-state index contributed by atoms with van der Waals surface area (Å²) in [5.41, 5.74) is 0. The Hall–Kier alpha value is -0.0231. The van der Waals surface area contributed by atoms with E-state index in [9.17, 15) is 10.2 Å². The third-order valence-electron chi connectivity index (χ3n) is 11.4. The van der Waals surface area contributed by atoms with Crippen molar-refractivity contribution in [2.45, 2.75) is 238 Å². The third kappa shape index (κ3) is 33.3. The van der Waals surface area contributed by atoms with Crippen molar-refractivity contribution in [1.29, 1.82) is 0 Å². The quantitative estimate of drug-likeness (QED) is 0.0368. The molecular formula is C45H93NO5Si. The smallest absolute Gasteiger partial charge is 0.333 e. The molecule has 0 spiro atoms. The fraction of sp³-hybridized carbons (Fsp3) is 1.00. The zero-order valence-corrected chi connectivity index (χ0v) is 36.5. The van der Waals surface area contributed by atoms with Crippen LogP contribution in [-0.4, -0.2) is 76.0 Å². The summed E-state index contributed by atoms with van der Waals surface area (Å²) >= 11 is 0. The van der Waals surface area contributed by atoms with Gasteiger partial charge in [-0.25, -0.2) is 0 Å². The lowest BCUT2D eigenvalue weighted by Crippen LogP contribution is -2.40. The lowest BCUT2D eigenvalue weighted by molar-refractivity contribution is -0.104. The van der Waals surface area contributed by atoms with E-state index in [-0.39, 0.29) is 19.5 Å². The molecule has 1 atom stereocenters. The standard InChI is InChI=1S/C45H93NO5Si/c1-4-5-6-7-8-9-10-11-12-13-16-19-23-31-42-49-45(36-29-21-18-15-14-17-20-26-33-44-34-27-25-28-35-44)51-52(2,3)50-43-32-24-22-30-37-46(38-40-47)39-41-48/h44-45,47-48H,4-43H2,1-3H3. The molecule has 0 aromatic heterocycles. The number of rotatable bonds is 41. The van der Waals surface area contributed by atoms with Gasteiger partial charge < -0.3 is 23.8 Å². The summed E-state index contributed by atoms with van der Waals surface area (Å²) < 4.78 is 19.4. The molecule has 1 aliphatic rings. The fourth-order valence-electron chi connectivity index (χ4n) is 8.05. The van der Waals surface area contributed by atoms with Gasteiger partial charge in [-0.2, -0.15) is 0 Å². The second-order valence-electron chi connectivity index (χ2n) is 16.9. The number of aliphatic hydroxyl groups is 2. The minimum atomic E-state index is -2.28. The Morgan fingerprint density at radius 2 is 1.00 bits per heavy atom. The highest BCUT2D eigenvalue weighted by molar-refractivity contribution is 6.64. The first kappa shape index (κ1) is 50.0. The Bertz CT molecular complexity index is 701. The normalized spacial score (nSPS) is 14.9. The summed E-state index contributed by atoms with van der Waals surface area (Å²) in [5, 5.41) is 18.4. The van der Waals surface area contributed by atoms with Crippen LogP contribution in [0.15, 0.2) is 0 Å². The summed E-state index contributed by atoms with van der Waals surface area (Å²) in [4.78, 5) is 2.14. The van der Waals surface area contributed by atoms with Gasteiger partial charge in [0.15, 0.2) is 0 Å². The minimum Gasteiger partial charge on any atom is -0.395 e. The predicted octanol–water partition coefficient (Wildman–Crippen LogP) is 12.9. The largest absolute Gasteiger partial charge is 0.395 e. The van der Waals surface area contributed by atoms with Crippen LogP contribution in [0.5, 0.6) is 0 Å². The molecule has 1 unspecified atom stereocenters. The van der Waals surface area contributed by atoms with E-state index in [2.05, 4.69) is 24.9 Å². The van der Waals surface area contributed by atoms with Gasteiger partial charge in [0.25, 0.3) is 0 Å². The van der Waals surface area contributed by atoms with Crippen molar-refractivity contribution in [3.63, 3.8) is 0 Å². The van der Waals surface area contributed by atoms with E-state index in [0.29, 0.717) is 13.1 Å². The molecule has 0 aliphatic heterocycles. The van der Waals surface area contributed by atoms with Crippen LogP contribution in [0.25, 0.3) is 0 Å². The Balaban J connectivity index is 2.24. The van der Waals surface area contributed by atoms with Crippen LogP contribution >= 0.6 is 0 Å². The zero-order valence-electron chi connectivity index (χ0n) is 35.5. The second-order valence-corrected chi connectivity index (χ2v) is 20.2. The van der Waals surface area contributed by atoms with Crippen LogP contribution in [-0.2, 0) is 13.6 Å². The van der Waals surface area contributed by atoms with E-state index in [4.69, 9.17) is 13.6 Å². The molecule has 0 aromatic carbocycles. The van der Waals surface area contributed by atoms with Gasteiger partial charge in [-0.1, -0.05) is 187 Å². The van der Waals surface area contributed by atoms with Gasteiger partial charge in [-0.05, 0) is 57.7 Å². The fourth-order valence-corrected chi connectivity index (χ4v) is 9.57. The lowest BCUT2D eigenvalue weighted by atomic mass is 9.85. The van der Waals surface area contributed by atoms with Gasteiger partial charge in [-0.15, -0.1) is 0 Å². The van der Waals surface area contributed by atoms with Crippen LogP contribution in [0, 0.1) is 5.92 Å². The average Bonchev–Trinajstić information content (AvgIpc) is 3.13. The van der Waals surface area contributed by atoms with Gasteiger partial charge in [0.2, 0.25) is 0 Å². The number of unbranched alkanes of at least 4 members (excludes halogenated alkanes) is 23. The molecule has 1 fully saturated rings. The monoisotopic (exact) mass is 756 g/mol. The molecular weight excluding hydrogens is 663 g/mol. The molecule has 7 heteroatoms. The summed E-state index contributed by atoms with van der Waals surface area (Å²) in [6.07, 6.45) is 44.3. The van der Waals surface area contributed by atoms with Gasteiger partial charge >= 0.3 is 8.56 Å². The summed E-state index contributed by atoms with van der Waals surface area (Å²) in [6.45, 7) is 10.7. The van der Waals surface area contributed by atoms with Gasteiger partial charge in [-0.3, -0.25) is 4.90 Å². The van der Waals surface area contributed by atoms with Crippen molar-refractivity contribution in [3.05, 3.63) is 0 Å². The maximum Gasteiger partial charge on any atom is 0.333 e. The average molecular weight is 756 g/mol. The van der Waals surface area contributed by atoms with Crippen LogP contribution < -0.4 is 0 Å². The molecule has 1 rings (SSSR count). The maximum absolute atomic E-state index is 9.21. The molecule has 0 bridgehead atoms. The zero-order chi connectivity index (χ0) is 37.6. The number of aliphatic hydroxyl groups excluding tert-OH is 2. The second kappa shape index (κ2) is 37.9. The number of hydrogen-bond acceptors (Lipinski definition) is 6. The number of nitrogens with zero attached hydrogens (tertiary/aromatic N) is 1. The highest BCUT2D eigenvalue weighted by Gasteiger charge is 2.29. The summed E-state index contributed by atoms with van der Waals surface area (Å²) in [5.74, 6) is 1.04. The first-order valence-electron chi connectivity index (χ1n) is 23.4. The molecule has 1 saturated carbocycles. The van der Waals surface area contributed by atoms with E-state index >= 15 is 0 Å². The highest BCUT2D eigenvalue weighted by atomic mass is 28.4. The Kier molecular flexibility index (Phi) is 36.4. The molecule has 0 aromatic rings. The number of hydrogen-bond donors (Lipinski definition) is 2. The van der Waals surface area contributed by atoms with Gasteiger partial charge in [0.05, 0.1) is 13.2 Å². The molecule has 1 aliphatic carbocycles. The summed E-state index contributed by atoms with van der Waals surface area (Å²) in [7, 11) is -2.28. The Morgan fingerprint density at radius 3 is 1.54 bits per heavy atom. The van der Waals surface area contributed by atoms with Crippen LogP contribution in [0.3, 0.4) is 0 Å². The first-order chi connectivity index (χ1) is 25.5. The minimum absolute atomic E-state index is 0.132. The van der Waals surface area contributed by atoms with E-state index in [1.165, 1.54) is 173 Å². The first-order valence-corrected chi connectivity index (χ1v) is 26.2. The SMILES string of the molecule is CCCCCCCCCCCCCCCCOC(CCCCCCCCCCC1CCCCC1)O[Si](C)(C)OCCCCCCN(CCO)CCO. The Labute approximate surface area is 326 Å². The predicted molar refractivity (Wildman–Crippen MR) is 226 cm³/mol. The van der Waals surface area contributed by atoms with Crippen molar-refractivity contribution in [2.24, 2.45) is 5.92 Å². The van der Waals surface area contributed by atoms with Crippen molar-refractivity contribution < 1.29 is 23.8 Å². The third-order valence-corrected chi connectivity index (χ3v) is 13.1. The summed E-state index contributed by atoms with van der Waals surface area (Å²) in [6, 6.07) is 0. The number of ether oxygens (including phenoxy) is 1. The molecule has 52 heavy (non-hydrogen) atoms. The van der Waals surface area contributed by atoms with Crippen molar-refractivity contribution in [3.8, 4) is 0 Å².